The third-order valence-electron chi connectivity index (χ3n) is 4.86. The third kappa shape index (κ3) is 4.56. The molecule has 0 radical (unpaired) electrons. The van der Waals surface area contributed by atoms with Gasteiger partial charge in [-0.2, -0.15) is 5.10 Å². The summed E-state index contributed by atoms with van der Waals surface area (Å²) in [4.78, 5) is 8.77. The van der Waals surface area contributed by atoms with Gasteiger partial charge in [0.1, 0.15) is 17.8 Å². The lowest BCUT2D eigenvalue weighted by molar-refractivity contribution is 0.184. The lowest BCUT2D eigenvalue weighted by Crippen LogP contribution is -2.13. The zero-order valence-corrected chi connectivity index (χ0v) is 16.6. The summed E-state index contributed by atoms with van der Waals surface area (Å²) < 4.78 is 16.1. The fraction of sp³-hybridized carbons (Fsp3) is 0.350. The Bertz CT molecular complexity index is 1110. The Hall–Kier alpha value is -3.36. The van der Waals surface area contributed by atoms with Gasteiger partial charge in [0.2, 0.25) is 5.95 Å². The number of nitrogens with zero attached hydrogens (tertiary/aromatic N) is 7. The number of aryl methyl sites for hydroxylation is 1. The average Bonchev–Trinajstić information content (AvgIpc) is 3.35. The average molecular weight is 394 g/mol. The molecular formula is C20H23FN8. The first-order valence-corrected chi connectivity index (χ1v) is 9.47. The van der Waals surface area contributed by atoms with E-state index in [2.05, 4.69) is 30.6 Å². The van der Waals surface area contributed by atoms with Crippen LogP contribution in [-0.2, 0) is 7.05 Å². The number of alkyl halides is 1. The number of pyridine rings is 1. The van der Waals surface area contributed by atoms with Crippen molar-refractivity contribution in [3.8, 4) is 11.3 Å². The molecule has 1 fully saturated rings. The Labute approximate surface area is 167 Å². The first-order valence-electron chi connectivity index (χ1n) is 9.47. The van der Waals surface area contributed by atoms with Crippen LogP contribution in [0.25, 0.3) is 16.9 Å². The standard InChI is InChI=1S/C14H12N8.C6H11F/c1-21-12(3-6-17-21)19-14-15-5-2-11(18-14)10-4-7-22-9-16-20-13(22)8-10;1-6(2,7)5-3-4-5/h2-9H,1H3,(H,15,18,19);5H,3-4H2,1-2H3. The topological polar surface area (TPSA) is 85.8 Å². The maximum Gasteiger partial charge on any atom is 0.228 e. The molecule has 0 amide bonds. The van der Waals surface area contributed by atoms with Crippen molar-refractivity contribution in [2.45, 2.75) is 32.4 Å². The molecule has 1 N–H and O–H groups in total. The highest BCUT2D eigenvalue weighted by Crippen LogP contribution is 2.41. The number of aromatic nitrogens is 7. The van der Waals surface area contributed by atoms with Gasteiger partial charge in [0.15, 0.2) is 5.65 Å². The number of hydrogen-bond donors (Lipinski definition) is 1. The summed E-state index contributed by atoms with van der Waals surface area (Å²) in [6.45, 7) is 3.31. The van der Waals surface area contributed by atoms with Crippen LogP contribution in [0.5, 0.6) is 0 Å². The Kier molecular flexibility index (Phi) is 4.96. The lowest BCUT2D eigenvalue weighted by atomic mass is 10.1. The summed E-state index contributed by atoms with van der Waals surface area (Å²) in [7, 11) is 1.85. The summed E-state index contributed by atoms with van der Waals surface area (Å²) in [6, 6.07) is 7.62. The van der Waals surface area contributed by atoms with E-state index in [9.17, 15) is 4.39 Å². The molecule has 0 spiro atoms. The van der Waals surface area contributed by atoms with E-state index in [1.54, 1.807) is 37.3 Å². The maximum atomic E-state index is 12.6. The number of rotatable bonds is 4. The molecule has 0 saturated heterocycles. The molecule has 4 aromatic rings. The highest BCUT2D eigenvalue weighted by atomic mass is 19.1. The molecule has 150 valence electrons. The minimum atomic E-state index is -0.889. The maximum absolute atomic E-state index is 12.6. The van der Waals surface area contributed by atoms with Gasteiger partial charge in [-0.15, -0.1) is 10.2 Å². The summed E-state index contributed by atoms with van der Waals surface area (Å²) >= 11 is 0. The monoisotopic (exact) mass is 394 g/mol. The molecule has 9 heteroatoms. The number of fused-ring (bicyclic) bond motifs is 1. The van der Waals surface area contributed by atoms with Crippen molar-refractivity contribution in [3.05, 3.63) is 49.2 Å². The summed E-state index contributed by atoms with van der Waals surface area (Å²) in [5, 5.41) is 15.2. The lowest BCUT2D eigenvalue weighted by Gasteiger charge is -2.10. The SMILES string of the molecule is CC(C)(F)C1CC1.Cn1nccc1Nc1nccc(-c2ccn3cnnc3c2)n1. The number of halogens is 1. The molecule has 29 heavy (non-hydrogen) atoms. The van der Waals surface area contributed by atoms with Crippen LogP contribution in [-0.4, -0.2) is 40.0 Å². The molecule has 1 saturated carbocycles. The van der Waals surface area contributed by atoms with Gasteiger partial charge in [-0.1, -0.05) is 0 Å². The van der Waals surface area contributed by atoms with Crippen LogP contribution in [0, 0.1) is 5.92 Å². The fourth-order valence-corrected chi connectivity index (χ4v) is 2.94. The van der Waals surface area contributed by atoms with E-state index in [0.717, 1.165) is 35.6 Å². The highest BCUT2D eigenvalue weighted by Gasteiger charge is 2.37. The zero-order chi connectivity index (χ0) is 20.4. The summed E-state index contributed by atoms with van der Waals surface area (Å²) in [5.41, 5.74) is 1.65. The summed E-state index contributed by atoms with van der Waals surface area (Å²) in [6.07, 6.45) is 9.20. The van der Waals surface area contributed by atoms with E-state index < -0.39 is 5.67 Å². The van der Waals surface area contributed by atoms with Crippen molar-refractivity contribution in [3.63, 3.8) is 0 Å². The van der Waals surface area contributed by atoms with E-state index in [1.807, 2.05) is 41.9 Å². The predicted molar refractivity (Wildman–Crippen MR) is 108 cm³/mol. The van der Waals surface area contributed by atoms with Crippen LogP contribution < -0.4 is 5.32 Å². The zero-order valence-electron chi connectivity index (χ0n) is 16.6. The minimum absolute atomic E-state index is 0.382. The molecule has 4 heterocycles. The van der Waals surface area contributed by atoms with E-state index in [1.165, 1.54) is 0 Å². The predicted octanol–water partition coefficient (Wildman–Crippen LogP) is 3.81. The summed E-state index contributed by atoms with van der Waals surface area (Å²) in [5.74, 6) is 1.72. The molecule has 0 aromatic carbocycles. The second-order valence-electron chi connectivity index (χ2n) is 7.58. The van der Waals surface area contributed by atoms with Crippen LogP contribution in [0.4, 0.5) is 16.2 Å². The van der Waals surface area contributed by atoms with E-state index in [-0.39, 0.29) is 0 Å². The Morgan fingerprint density at radius 3 is 2.66 bits per heavy atom. The minimum Gasteiger partial charge on any atom is -0.309 e. The van der Waals surface area contributed by atoms with Crippen LogP contribution in [0.3, 0.4) is 0 Å². The molecule has 0 unspecified atom stereocenters. The largest absolute Gasteiger partial charge is 0.309 e. The van der Waals surface area contributed by atoms with Gasteiger partial charge in [0.05, 0.1) is 11.9 Å². The van der Waals surface area contributed by atoms with E-state index >= 15 is 0 Å². The van der Waals surface area contributed by atoms with Crippen molar-refractivity contribution in [1.82, 2.24) is 34.3 Å². The molecule has 0 aliphatic heterocycles. The second-order valence-corrected chi connectivity index (χ2v) is 7.58. The first-order chi connectivity index (χ1) is 13.9. The Balaban J connectivity index is 0.000000249. The van der Waals surface area contributed by atoms with Gasteiger partial charge >= 0.3 is 0 Å². The number of hydrogen-bond acceptors (Lipinski definition) is 6. The quantitative estimate of drug-likeness (QED) is 0.566. The molecule has 0 bridgehead atoms. The Morgan fingerprint density at radius 2 is 2.00 bits per heavy atom. The van der Waals surface area contributed by atoms with Crippen LogP contribution in [0.2, 0.25) is 0 Å². The van der Waals surface area contributed by atoms with Crippen molar-refractivity contribution >= 4 is 17.4 Å². The molecule has 0 atom stereocenters. The van der Waals surface area contributed by atoms with Crippen molar-refractivity contribution in [2.24, 2.45) is 13.0 Å². The van der Waals surface area contributed by atoms with Crippen molar-refractivity contribution < 1.29 is 4.39 Å². The van der Waals surface area contributed by atoms with Crippen LogP contribution in [0.15, 0.2) is 49.2 Å². The van der Waals surface area contributed by atoms with E-state index in [4.69, 9.17) is 0 Å². The molecule has 5 rings (SSSR count). The highest BCUT2D eigenvalue weighted by molar-refractivity contribution is 5.65. The van der Waals surface area contributed by atoms with Crippen LogP contribution in [0.1, 0.15) is 26.7 Å². The van der Waals surface area contributed by atoms with Crippen molar-refractivity contribution in [1.29, 1.82) is 0 Å². The fourth-order valence-electron chi connectivity index (χ4n) is 2.94. The van der Waals surface area contributed by atoms with Gasteiger partial charge in [-0.05, 0) is 50.8 Å². The third-order valence-corrected chi connectivity index (χ3v) is 4.86. The normalized spacial score (nSPS) is 13.8. The van der Waals surface area contributed by atoms with E-state index in [0.29, 0.717) is 11.9 Å². The van der Waals surface area contributed by atoms with Gasteiger partial charge in [-0.3, -0.25) is 9.08 Å². The van der Waals surface area contributed by atoms with Gasteiger partial charge in [0.25, 0.3) is 0 Å². The van der Waals surface area contributed by atoms with Gasteiger partial charge < -0.3 is 5.32 Å². The second kappa shape index (κ2) is 7.57. The molecule has 1 aliphatic carbocycles. The number of nitrogens with one attached hydrogen (secondary N) is 1. The van der Waals surface area contributed by atoms with Crippen molar-refractivity contribution in [2.75, 3.05) is 5.32 Å². The van der Waals surface area contributed by atoms with Gasteiger partial charge in [0, 0.05) is 31.1 Å². The molecule has 8 nitrogen and oxygen atoms in total. The van der Waals surface area contributed by atoms with Gasteiger partial charge in [-0.25, -0.2) is 14.4 Å². The van der Waals surface area contributed by atoms with Crippen LogP contribution >= 0.6 is 0 Å². The number of anilines is 2. The molecule has 4 aromatic heterocycles. The smallest absolute Gasteiger partial charge is 0.228 e. The Morgan fingerprint density at radius 1 is 1.17 bits per heavy atom. The molecular weight excluding hydrogens is 371 g/mol. The molecule has 1 aliphatic rings. The first kappa shape index (κ1) is 19.0.